The Labute approximate surface area is 83.2 Å². The fourth-order valence-corrected chi connectivity index (χ4v) is 0.971. The van der Waals surface area contributed by atoms with E-state index in [1.165, 1.54) is 0 Å². The van der Waals surface area contributed by atoms with Crippen molar-refractivity contribution in [2.75, 3.05) is 13.2 Å². The summed E-state index contributed by atoms with van der Waals surface area (Å²) in [6.45, 7) is -0.330. The van der Waals surface area contributed by atoms with Crippen LogP contribution in [0.25, 0.3) is 0 Å². The molecular weight excluding hydrogens is 176 g/mol. The van der Waals surface area contributed by atoms with Gasteiger partial charge in [0.05, 0.1) is 0 Å². The summed E-state index contributed by atoms with van der Waals surface area (Å²) in [5.74, 6) is 10.7. The molecule has 0 saturated heterocycles. The lowest BCUT2D eigenvalue weighted by atomic mass is 10.1. The lowest BCUT2D eigenvalue weighted by molar-refractivity contribution is 0.350. The van der Waals surface area contributed by atoms with Crippen LogP contribution in [0.1, 0.15) is 11.1 Å². The lowest BCUT2D eigenvalue weighted by Crippen LogP contribution is -1.84. The number of aliphatic hydroxyl groups is 2. The molecule has 0 aliphatic carbocycles. The Hall–Kier alpha value is -1.74. The standard InChI is InChI=1S/C12H10O2/c13-9-3-7-11-5-1-2-6-12(11)8-4-10-14/h1-2,5-6,13-14H,9-10H2. The van der Waals surface area contributed by atoms with E-state index in [2.05, 4.69) is 23.7 Å². The average molecular weight is 186 g/mol. The molecule has 0 atom stereocenters. The SMILES string of the molecule is OCC#Cc1ccccc1C#CCO. The minimum Gasteiger partial charge on any atom is -0.384 e. The van der Waals surface area contributed by atoms with Crippen LogP contribution in [-0.2, 0) is 0 Å². The van der Waals surface area contributed by atoms with E-state index >= 15 is 0 Å². The van der Waals surface area contributed by atoms with Gasteiger partial charge in [-0.2, -0.15) is 0 Å². The number of hydrogen-bond acceptors (Lipinski definition) is 2. The molecule has 1 aromatic rings. The second kappa shape index (κ2) is 5.83. The Balaban J connectivity index is 3.03. The van der Waals surface area contributed by atoms with Gasteiger partial charge in [0.1, 0.15) is 13.2 Å². The molecule has 0 radical (unpaired) electrons. The molecule has 2 nitrogen and oxygen atoms in total. The Bertz CT molecular complexity index is 372. The highest BCUT2D eigenvalue weighted by Crippen LogP contribution is 2.04. The molecule has 0 aliphatic rings. The normalized spacial score (nSPS) is 8.14. The van der Waals surface area contributed by atoms with Gasteiger partial charge >= 0.3 is 0 Å². The largest absolute Gasteiger partial charge is 0.384 e. The van der Waals surface area contributed by atoms with Crippen molar-refractivity contribution in [1.29, 1.82) is 0 Å². The molecule has 1 rings (SSSR count). The van der Waals surface area contributed by atoms with E-state index in [-0.39, 0.29) is 13.2 Å². The summed E-state index contributed by atoms with van der Waals surface area (Å²) in [5.41, 5.74) is 1.53. The van der Waals surface area contributed by atoms with Crippen molar-refractivity contribution >= 4 is 0 Å². The minimum absolute atomic E-state index is 0.165. The summed E-state index contributed by atoms with van der Waals surface area (Å²) in [6, 6.07) is 7.35. The second-order valence-electron chi connectivity index (χ2n) is 2.47. The molecule has 0 saturated carbocycles. The summed E-state index contributed by atoms with van der Waals surface area (Å²) in [7, 11) is 0. The van der Waals surface area contributed by atoms with Crippen molar-refractivity contribution in [2.24, 2.45) is 0 Å². The zero-order valence-corrected chi connectivity index (χ0v) is 7.62. The van der Waals surface area contributed by atoms with E-state index in [4.69, 9.17) is 10.2 Å². The van der Waals surface area contributed by atoms with Crippen molar-refractivity contribution < 1.29 is 10.2 Å². The first kappa shape index (κ1) is 10.3. The number of benzene rings is 1. The predicted octanol–water partition coefficient (Wildman–Crippen LogP) is 0.374. The maximum absolute atomic E-state index is 8.54. The van der Waals surface area contributed by atoms with Crippen LogP contribution in [0.15, 0.2) is 24.3 Å². The van der Waals surface area contributed by atoms with Crippen LogP contribution in [0, 0.1) is 23.7 Å². The van der Waals surface area contributed by atoms with Crippen LogP contribution in [-0.4, -0.2) is 23.4 Å². The summed E-state index contributed by atoms with van der Waals surface area (Å²) < 4.78 is 0. The Morgan fingerprint density at radius 2 is 1.29 bits per heavy atom. The molecule has 0 heterocycles. The lowest BCUT2D eigenvalue weighted by Gasteiger charge is -1.94. The van der Waals surface area contributed by atoms with Crippen molar-refractivity contribution in [3.8, 4) is 23.7 Å². The zero-order chi connectivity index (χ0) is 10.2. The molecule has 2 N–H and O–H groups in total. The van der Waals surface area contributed by atoms with E-state index in [1.54, 1.807) is 0 Å². The maximum atomic E-state index is 8.54. The summed E-state index contributed by atoms with van der Waals surface area (Å²) in [6.07, 6.45) is 0. The van der Waals surface area contributed by atoms with Gasteiger partial charge in [0, 0.05) is 11.1 Å². The monoisotopic (exact) mass is 186 g/mol. The smallest absolute Gasteiger partial charge is 0.104 e. The first-order chi connectivity index (χ1) is 6.88. The van der Waals surface area contributed by atoms with E-state index in [1.807, 2.05) is 24.3 Å². The number of aliphatic hydroxyl groups excluding tert-OH is 2. The van der Waals surface area contributed by atoms with Gasteiger partial charge in [0.25, 0.3) is 0 Å². The summed E-state index contributed by atoms with van der Waals surface area (Å²) >= 11 is 0. The number of rotatable bonds is 0. The highest BCUT2D eigenvalue weighted by atomic mass is 16.3. The Morgan fingerprint density at radius 3 is 1.64 bits per heavy atom. The molecule has 0 fully saturated rings. The summed E-state index contributed by atoms with van der Waals surface area (Å²) in [5, 5.41) is 17.1. The fraction of sp³-hybridized carbons (Fsp3) is 0.167. The van der Waals surface area contributed by atoms with Gasteiger partial charge in [0.15, 0.2) is 0 Å². The highest BCUT2D eigenvalue weighted by Gasteiger charge is 1.93. The van der Waals surface area contributed by atoms with Crippen LogP contribution in [0.4, 0.5) is 0 Å². The molecule has 0 aromatic heterocycles. The molecule has 0 spiro atoms. The molecule has 0 aliphatic heterocycles. The van der Waals surface area contributed by atoms with Gasteiger partial charge in [-0.15, -0.1) is 0 Å². The van der Waals surface area contributed by atoms with E-state index in [0.29, 0.717) is 0 Å². The maximum Gasteiger partial charge on any atom is 0.104 e. The van der Waals surface area contributed by atoms with Crippen molar-refractivity contribution in [1.82, 2.24) is 0 Å². The topological polar surface area (TPSA) is 40.5 Å². The summed E-state index contributed by atoms with van der Waals surface area (Å²) in [4.78, 5) is 0. The average Bonchev–Trinajstić information content (AvgIpc) is 2.24. The van der Waals surface area contributed by atoms with Gasteiger partial charge in [0.2, 0.25) is 0 Å². The molecule has 0 unspecified atom stereocenters. The fourth-order valence-electron chi connectivity index (χ4n) is 0.971. The van der Waals surface area contributed by atoms with Crippen molar-refractivity contribution in [3.63, 3.8) is 0 Å². The molecule has 0 amide bonds. The third kappa shape index (κ3) is 2.95. The molecule has 0 bridgehead atoms. The molecular formula is C12H10O2. The van der Waals surface area contributed by atoms with Crippen LogP contribution < -0.4 is 0 Å². The molecule has 14 heavy (non-hydrogen) atoms. The van der Waals surface area contributed by atoms with E-state index in [0.717, 1.165) is 11.1 Å². The van der Waals surface area contributed by atoms with Crippen LogP contribution in [0.2, 0.25) is 0 Å². The Kier molecular flexibility index (Phi) is 4.31. The molecule has 70 valence electrons. The van der Waals surface area contributed by atoms with Gasteiger partial charge in [-0.3, -0.25) is 0 Å². The first-order valence-electron chi connectivity index (χ1n) is 4.17. The molecule has 2 heteroatoms. The minimum atomic E-state index is -0.165. The predicted molar refractivity (Wildman–Crippen MR) is 54.4 cm³/mol. The quantitative estimate of drug-likeness (QED) is 0.575. The third-order valence-corrected chi connectivity index (χ3v) is 1.53. The number of hydrogen-bond donors (Lipinski definition) is 2. The van der Waals surface area contributed by atoms with Crippen molar-refractivity contribution in [2.45, 2.75) is 0 Å². The van der Waals surface area contributed by atoms with Gasteiger partial charge in [-0.05, 0) is 12.1 Å². The highest BCUT2D eigenvalue weighted by molar-refractivity contribution is 5.49. The van der Waals surface area contributed by atoms with Crippen LogP contribution in [0.5, 0.6) is 0 Å². The zero-order valence-electron chi connectivity index (χ0n) is 7.62. The second-order valence-corrected chi connectivity index (χ2v) is 2.47. The third-order valence-electron chi connectivity index (χ3n) is 1.53. The van der Waals surface area contributed by atoms with Crippen LogP contribution >= 0.6 is 0 Å². The van der Waals surface area contributed by atoms with Crippen LogP contribution in [0.3, 0.4) is 0 Å². The van der Waals surface area contributed by atoms with Crippen molar-refractivity contribution in [3.05, 3.63) is 35.4 Å². The molecule has 1 aromatic carbocycles. The van der Waals surface area contributed by atoms with Gasteiger partial charge in [-0.1, -0.05) is 35.8 Å². The van der Waals surface area contributed by atoms with Gasteiger partial charge < -0.3 is 10.2 Å². The van der Waals surface area contributed by atoms with E-state index < -0.39 is 0 Å². The Morgan fingerprint density at radius 1 is 0.857 bits per heavy atom. The first-order valence-corrected chi connectivity index (χ1v) is 4.17. The van der Waals surface area contributed by atoms with Gasteiger partial charge in [-0.25, -0.2) is 0 Å². The van der Waals surface area contributed by atoms with E-state index in [9.17, 15) is 0 Å².